The largest absolute Gasteiger partial charge is 0.336 e. The Hall–Kier alpha value is 0.774. The Kier molecular flexibility index (Phi) is 11.2. The van der Waals surface area contributed by atoms with Crippen molar-refractivity contribution in [2.75, 3.05) is 0 Å². The van der Waals surface area contributed by atoms with Crippen LogP contribution in [0.25, 0.3) is 0 Å². The van der Waals surface area contributed by atoms with E-state index in [4.69, 9.17) is 0 Å². The Labute approximate surface area is 76.1 Å². The van der Waals surface area contributed by atoms with E-state index in [1.165, 1.54) is 0 Å². The quantitative estimate of drug-likeness (QED) is 0.614. The number of carbonyl (C=O) groups excluding carboxylic acids is 1. The number of carbonyl (C=O) groups is 1. The standard InChI is InChI=1S/C6H11O.Y/c1-3-5-6(7)4-2;/h2-5H2,1H3;/q-1;. The zero-order valence-corrected chi connectivity index (χ0v) is 8.15. The van der Waals surface area contributed by atoms with Crippen LogP contribution in [0.3, 0.4) is 0 Å². The van der Waals surface area contributed by atoms with Gasteiger partial charge in [-0.25, -0.2) is 0 Å². The molecule has 0 N–H and O–H groups in total. The maximum absolute atomic E-state index is 10.3. The fourth-order valence-electron chi connectivity index (χ4n) is 0.404. The van der Waals surface area contributed by atoms with E-state index < -0.39 is 0 Å². The van der Waals surface area contributed by atoms with Gasteiger partial charge in [-0.2, -0.15) is 0 Å². The van der Waals surface area contributed by atoms with Crippen molar-refractivity contribution >= 4 is 5.78 Å². The summed E-state index contributed by atoms with van der Waals surface area (Å²) in [6, 6.07) is 0. The number of hydrogen-bond donors (Lipinski definition) is 0. The van der Waals surface area contributed by atoms with Gasteiger partial charge in [0.2, 0.25) is 0 Å². The molecule has 0 bridgehead atoms. The zero-order chi connectivity index (χ0) is 5.70. The Bertz CT molecular complexity index is 61.5. The van der Waals surface area contributed by atoms with Gasteiger partial charge in [-0.15, -0.1) is 6.42 Å². The van der Waals surface area contributed by atoms with Crippen molar-refractivity contribution in [2.24, 2.45) is 0 Å². The normalized spacial score (nSPS) is 7.75. The van der Waals surface area contributed by atoms with E-state index in [1.807, 2.05) is 6.92 Å². The van der Waals surface area contributed by atoms with Gasteiger partial charge in [0.25, 0.3) is 0 Å². The summed E-state index contributed by atoms with van der Waals surface area (Å²) in [5.41, 5.74) is 0. The maximum atomic E-state index is 10.3. The van der Waals surface area contributed by atoms with Gasteiger partial charge in [0.1, 0.15) is 5.78 Å². The number of Topliss-reactive ketones (excluding diaryl/α,β-unsaturated/α-hetero) is 1. The summed E-state index contributed by atoms with van der Waals surface area (Å²) in [5, 5.41) is 0. The molecule has 0 aliphatic heterocycles. The summed E-state index contributed by atoms with van der Waals surface area (Å²) < 4.78 is 0. The number of rotatable bonds is 3. The van der Waals surface area contributed by atoms with Crippen LogP contribution < -0.4 is 0 Å². The van der Waals surface area contributed by atoms with Crippen LogP contribution in [0.5, 0.6) is 0 Å². The molecule has 45 valence electrons. The third-order valence-electron chi connectivity index (χ3n) is 0.808. The molecule has 0 aliphatic carbocycles. The summed E-state index contributed by atoms with van der Waals surface area (Å²) in [6.45, 7) is 5.45. The van der Waals surface area contributed by atoms with Crippen LogP contribution >= 0.6 is 0 Å². The SMILES string of the molecule is [CH2-]CC(=O)CCC.[Y]. The first-order chi connectivity index (χ1) is 3.31. The van der Waals surface area contributed by atoms with Crippen LogP contribution in [0.1, 0.15) is 26.2 Å². The summed E-state index contributed by atoms with van der Waals surface area (Å²) in [5.74, 6) is 0.266. The second-order valence-corrected chi connectivity index (χ2v) is 1.54. The predicted molar refractivity (Wildman–Crippen MR) is 29.9 cm³/mol. The first-order valence-electron chi connectivity index (χ1n) is 2.62. The molecule has 8 heavy (non-hydrogen) atoms. The molecule has 1 nitrogen and oxygen atoms in total. The first-order valence-corrected chi connectivity index (χ1v) is 2.62. The summed E-state index contributed by atoms with van der Waals surface area (Å²) >= 11 is 0. The molecule has 2 heteroatoms. The number of ketones is 1. The third-order valence-corrected chi connectivity index (χ3v) is 0.808. The summed E-state index contributed by atoms with van der Waals surface area (Å²) in [6.07, 6.45) is 2.10. The molecule has 0 aromatic carbocycles. The van der Waals surface area contributed by atoms with E-state index in [9.17, 15) is 4.79 Å². The molecular formula is C6H11OY-. The van der Waals surface area contributed by atoms with Crippen LogP contribution in [-0.2, 0) is 37.5 Å². The van der Waals surface area contributed by atoms with Gasteiger partial charge in [-0.3, -0.25) is 0 Å². The molecule has 0 spiro atoms. The van der Waals surface area contributed by atoms with E-state index in [2.05, 4.69) is 6.92 Å². The second kappa shape index (κ2) is 7.77. The van der Waals surface area contributed by atoms with Crippen LogP contribution in [0.2, 0.25) is 0 Å². The van der Waals surface area contributed by atoms with Crippen molar-refractivity contribution in [2.45, 2.75) is 26.2 Å². The molecule has 0 fully saturated rings. The van der Waals surface area contributed by atoms with Gasteiger partial charge in [0.15, 0.2) is 0 Å². The van der Waals surface area contributed by atoms with Crippen molar-refractivity contribution < 1.29 is 37.5 Å². The number of hydrogen-bond acceptors (Lipinski definition) is 1. The Morgan fingerprint density at radius 2 is 2.12 bits per heavy atom. The van der Waals surface area contributed by atoms with Crippen LogP contribution in [0, 0.1) is 6.92 Å². The summed E-state index contributed by atoms with van der Waals surface area (Å²) in [7, 11) is 0. The van der Waals surface area contributed by atoms with Crippen molar-refractivity contribution in [3.8, 4) is 0 Å². The van der Waals surface area contributed by atoms with Crippen LogP contribution in [0.15, 0.2) is 0 Å². The fourth-order valence-corrected chi connectivity index (χ4v) is 0.404. The molecule has 0 aliphatic rings. The average molecular weight is 188 g/mol. The molecule has 1 radical (unpaired) electrons. The molecule has 0 saturated carbocycles. The van der Waals surface area contributed by atoms with Gasteiger partial charge >= 0.3 is 0 Å². The van der Waals surface area contributed by atoms with Gasteiger partial charge in [0.05, 0.1) is 0 Å². The van der Waals surface area contributed by atoms with E-state index in [-0.39, 0.29) is 38.5 Å². The van der Waals surface area contributed by atoms with Crippen LogP contribution in [0.4, 0.5) is 0 Å². The maximum Gasteiger partial charge on any atom is 0.103 e. The van der Waals surface area contributed by atoms with E-state index in [0.717, 1.165) is 6.42 Å². The molecule has 0 aromatic heterocycles. The third kappa shape index (κ3) is 6.77. The monoisotopic (exact) mass is 188 g/mol. The van der Waals surface area contributed by atoms with Crippen molar-refractivity contribution in [3.63, 3.8) is 0 Å². The molecule has 0 saturated heterocycles. The zero-order valence-electron chi connectivity index (χ0n) is 5.31. The average Bonchev–Trinajstić information content (AvgIpc) is 1.68. The minimum Gasteiger partial charge on any atom is -0.336 e. The molecule has 0 amide bonds. The van der Waals surface area contributed by atoms with Gasteiger partial charge in [0, 0.05) is 39.1 Å². The van der Waals surface area contributed by atoms with Crippen LogP contribution in [-0.4, -0.2) is 5.78 Å². The molecule has 0 aromatic rings. The van der Waals surface area contributed by atoms with E-state index in [1.54, 1.807) is 0 Å². The molecule has 0 rings (SSSR count). The fraction of sp³-hybridized carbons (Fsp3) is 0.667. The minimum absolute atomic E-state index is 0. The summed E-state index contributed by atoms with van der Waals surface area (Å²) in [4.78, 5) is 10.3. The Morgan fingerprint density at radius 3 is 2.25 bits per heavy atom. The molecule has 0 atom stereocenters. The second-order valence-electron chi connectivity index (χ2n) is 1.54. The predicted octanol–water partition coefficient (Wildman–Crippen LogP) is 1.58. The molecule has 0 unspecified atom stereocenters. The van der Waals surface area contributed by atoms with Crippen molar-refractivity contribution in [1.29, 1.82) is 0 Å². The Morgan fingerprint density at radius 1 is 1.62 bits per heavy atom. The van der Waals surface area contributed by atoms with E-state index >= 15 is 0 Å². The van der Waals surface area contributed by atoms with E-state index in [0.29, 0.717) is 12.8 Å². The molecule has 0 heterocycles. The first kappa shape index (κ1) is 11.6. The Balaban J connectivity index is 0. The smallest absolute Gasteiger partial charge is 0.103 e. The minimum atomic E-state index is 0. The van der Waals surface area contributed by atoms with Gasteiger partial charge in [-0.1, -0.05) is 6.92 Å². The molecular weight excluding hydrogens is 177 g/mol. The topological polar surface area (TPSA) is 17.1 Å². The van der Waals surface area contributed by atoms with Crippen molar-refractivity contribution in [1.82, 2.24) is 0 Å². The van der Waals surface area contributed by atoms with Gasteiger partial charge < -0.3 is 11.7 Å². The van der Waals surface area contributed by atoms with Crippen molar-refractivity contribution in [3.05, 3.63) is 6.92 Å². The van der Waals surface area contributed by atoms with Gasteiger partial charge in [-0.05, 0) is 6.42 Å².